The third-order valence-corrected chi connectivity index (χ3v) is 2.84. The molecular formula is C14H14FNO. The number of aryl methyl sites for hydroxylation is 1. The van der Waals surface area contributed by atoms with Crippen molar-refractivity contribution in [1.82, 2.24) is 4.98 Å². The number of aliphatic hydroxyl groups is 1. The third kappa shape index (κ3) is 2.19. The van der Waals surface area contributed by atoms with Crippen LogP contribution in [0.15, 0.2) is 42.7 Å². The van der Waals surface area contributed by atoms with Crippen molar-refractivity contribution in [3.63, 3.8) is 0 Å². The average Bonchev–Trinajstić information content (AvgIpc) is 2.29. The number of halogens is 1. The molecule has 1 unspecified atom stereocenters. The van der Waals surface area contributed by atoms with Crippen LogP contribution in [0.4, 0.5) is 4.39 Å². The zero-order valence-electron chi connectivity index (χ0n) is 9.81. The molecule has 1 N–H and O–H groups in total. The second-order valence-electron chi connectivity index (χ2n) is 4.30. The van der Waals surface area contributed by atoms with Crippen LogP contribution in [0, 0.1) is 12.7 Å². The van der Waals surface area contributed by atoms with E-state index >= 15 is 0 Å². The van der Waals surface area contributed by atoms with Crippen LogP contribution in [0.1, 0.15) is 23.6 Å². The van der Waals surface area contributed by atoms with Crippen molar-refractivity contribution in [3.05, 3.63) is 65.2 Å². The molecule has 1 aromatic heterocycles. The standard InChI is InChI=1S/C14H14FNO/c1-10-7-11(9-16-8-10)14(2,17)12-5-3-4-6-13(12)15/h3-9,17H,1-2H3. The maximum atomic E-state index is 13.7. The maximum absolute atomic E-state index is 13.7. The van der Waals surface area contributed by atoms with Crippen LogP contribution in [0.3, 0.4) is 0 Å². The van der Waals surface area contributed by atoms with E-state index in [0.29, 0.717) is 5.56 Å². The first-order chi connectivity index (χ1) is 8.01. The topological polar surface area (TPSA) is 33.1 Å². The van der Waals surface area contributed by atoms with E-state index in [1.54, 1.807) is 43.6 Å². The average molecular weight is 231 g/mol. The van der Waals surface area contributed by atoms with Gasteiger partial charge in [-0.05, 0) is 31.5 Å². The Morgan fingerprint density at radius 2 is 1.94 bits per heavy atom. The van der Waals surface area contributed by atoms with Gasteiger partial charge >= 0.3 is 0 Å². The summed E-state index contributed by atoms with van der Waals surface area (Å²) in [4.78, 5) is 4.02. The molecule has 0 spiro atoms. The molecule has 2 rings (SSSR count). The molecule has 0 aliphatic carbocycles. The Hall–Kier alpha value is -1.74. The largest absolute Gasteiger partial charge is 0.381 e. The number of hydrogen-bond acceptors (Lipinski definition) is 2. The molecule has 3 heteroatoms. The molecule has 1 aromatic carbocycles. The molecule has 17 heavy (non-hydrogen) atoms. The Morgan fingerprint density at radius 3 is 2.59 bits per heavy atom. The molecule has 0 aliphatic rings. The van der Waals surface area contributed by atoms with Crippen LogP contribution < -0.4 is 0 Å². The highest BCUT2D eigenvalue weighted by Crippen LogP contribution is 2.30. The minimum absolute atomic E-state index is 0.257. The summed E-state index contributed by atoms with van der Waals surface area (Å²) in [6.07, 6.45) is 3.25. The van der Waals surface area contributed by atoms with Gasteiger partial charge in [0.1, 0.15) is 11.4 Å². The van der Waals surface area contributed by atoms with Crippen molar-refractivity contribution >= 4 is 0 Å². The molecule has 0 saturated heterocycles. The predicted molar refractivity (Wildman–Crippen MR) is 64.0 cm³/mol. The lowest BCUT2D eigenvalue weighted by Gasteiger charge is -2.24. The van der Waals surface area contributed by atoms with Crippen LogP contribution in [0.5, 0.6) is 0 Å². The quantitative estimate of drug-likeness (QED) is 0.862. The molecule has 0 aliphatic heterocycles. The lowest BCUT2D eigenvalue weighted by atomic mass is 9.88. The van der Waals surface area contributed by atoms with Gasteiger partial charge in [0.05, 0.1) is 0 Å². The Kier molecular flexibility index (Phi) is 2.94. The summed E-state index contributed by atoms with van der Waals surface area (Å²) in [7, 11) is 0. The maximum Gasteiger partial charge on any atom is 0.129 e. The number of hydrogen-bond donors (Lipinski definition) is 1. The van der Waals surface area contributed by atoms with Crippen LogP contribution >= 0.6 is 0 Å². The second-order valence-corrected chi connectivity index (χ2v) is 4.30. The van der Waals surface area contributed by atoms with Crippen molar-refractivity contribution in [3.8, 4) is 0 Å². The van der Waals surface area contributed by atoms with E-state index in [1.165, 1.54) is 6.07 Å². The van der Waals surface area contributed by atoms with Crippen molar-refractivity contribution in [1.29, 1.82) is 0 Å². The Morgan fingerprint density at radius 1 is 1.24 bits per heavy atom. The summed E-state index contributed by atoms with van der Waals surface area (Å²) in [5.41, 5.74) is 0.402. The number of pyridine rings is 1. The van der Waals surface area contributed by atoms with Crippen molar-refractivity contribution in [2.24, 2.45) is 0 Å². The van der Waals surface area contributed by atoms with Gasteiger partial charge in [0, 0.05) is 23.5 Å². The van der Waals surface area contributed by atoms with E-state index < -0.39 is 11.4 Å². The SMILES string of the molecule is Cc1cncc(C(C)(O)c2ccccc2F)c1. The van der Waals surface area contributed by atoms with Crippen LogP contribution in [-0.2, 0) is 5.60 Å². The first kappa shape index (κ1) is 11.7. The van der Waals surface area contributed by atoms with E-state index in [1.807, 2.05) is 6.92 Å². The number of aromatic nitrogens is 1. The fourth-order valence-electron chi connectivity index (χ4n) is 1.83. The van der Waals surface area contributed by atoms with Gasteiger partial charge in [-0.1, -0.05) is 18.2 Å². The zero-order valence-corrected chi connectivity index (χ0v) is 9.81. The minimum atomic E-state index is -1.37. The van der Waals surface area contributed by atoms with Crippen LogP contribution in [0.25, 0.3) is 0 Å². The highest BCUT2D eigenvalue weighted by atomic mass is 19.1. The fourth-order valence-corrected chi connectivity index (χ4v) is 1.83. The first-order valence-electron chi connectivity index (χ1n) is 5.41. The minimum Gasteiger partial charge on any atom is -0.381 e. The lowest BCUT2D eigenvalue weighted by Crippen LogP contribution is -2.24. The van der Waals surface area contributed by atoms with E-state index in [0.717, 1.165) is 5.56 Å². The molecule has 1 atom stereocenters. The molecule has 2 aromatic rings. The van der Waals surface area contributed by atoms with Gasteiger partial charge in [0.25, 0.3) is 0 Å². The second kappa shape index (κ2) is 4.26. The predicted octanol–water partition coefficient (Wildman–Crippen LogP) is 2.78. The monoisotopic (exact) mass is 231 g/mol. The van der Waals surface area contributed by atoms with E-state index in [2.05, 4.69) is 4.98 Å². The molecular weight excluding hydrogens is 217 g/mol. The van der Waals surface area contributed by atoms with Gasteiger partial charge < -0.3 is 5.11 Å². The Labute approximate surface area is 99.8 Å². The number of nitrogens with zero attached hydrogens (tertiary/aromatic N) is 1. The smallest absolute Gasteiger partial charge is 0.129 e. The summed E-state index contributed by atoms with van der Waals surface area (Å²) in [5.74, 6) is -0.418. The van der Waals surface area contributed by atoms with Crippen LogP contribution in [-0.4, -0.2) is 10.1 Å². The summed E-state index contributed by atoms with van der Waals surface area (Å²) >= 11 is 0. The molecule has 88 valence electrons. The van der Waals surface area contributed by atoms with Gasteiger partial charge in [-0.2, -0.15) is 0 Å². The summed E-state index contributed by atoms with van der Waals surface area (Å²) in [6, 6.07) is 8.03. The van der Waals surface area contributed by atoms with Gasteiger partial charge in [-0.25, -0.2) is 4.39 Å². The van der Waals surface area contributed by atoms with Gasteiger partial charge in [-0.3, -0.25) is 4.98 Å². The van der Waals surface area contributed by atoms with Gasteiger partial charge in [0.2, 0.25) is 0 Å². The van der Waals surface area contributed by atoms with E-state index in [9.17, 15) is 9.50 Å². The van der Waals surface area contributed by atoms with Crippen molar-refractivity contribution in [2.75, 3.05) is 0 Å². The molecule has 0 amide bonds. The van der Waals surface area contributed by atoms with Gasteiger partial charge in [-0.15, -0.1) is 0 Å². The molecule has 0 bridgehead atoms. The molecule has 1 heterocycles. The van der Waals surface area contributed by atoms with E-state index in [4.69, 9.17) is 0 Å². The fraction of sp³-hybridized carbons (Fsp3) is 0.214. The van der Waals surface area contributed by atoms with Gasteiger partial charge in [0.15, 0.2) is 0 Å². The molecule has 0 saturated carbocycles. The third-order valence-electron chi connectivity index (χ3n) is 2.84. The number of rotatable bonds is 2. The Balaban J connectivity index is 2.53. The molecule has 2 nitrogen and oxygen atoms in total. The zero-order chi connectivity index (χ0) is 12.5. The highest BCUT2D eigenvalue weighted by molar-refractivity contribution is 5.35. The Bertz CT molecular complexity index is 537. The first-order valence-corrected chi connectivity index (χ1v) is 5.41. The van der Waals surface area contributed by atoms with Crippen molar-refractivity contribution in [2.45, 2.75) is 19.4 Å². The van der Waals surface area contributed by atoms with Crippen LogP contribution in [0.2, 0.25) is 0 Å². The number of benzene rings is 1. The lowest BCUT2D eigenvalue weighted by molar-refractivity contribution is 0.0975. The summed E-state index contributed by atoms with van der Waals surface area (Å²) in [6.45, 7) is 3.45. The summed E-state index contributed by atoms with van der Waals surface area (Å²) in [5, 5.41) is 10.5. The normalized spacial score (nSPS) is 14.4. The van der Waals surface area contributed by atoms with E-state index in [-0.39, 0.29) is 5.56 Å². The molecule has 0 radical (unpaired) electrons. The molecule has 0 fully saturated rings. The highest BCUT2D eigenvalue weighted by Gasteiger charge is 2.28. The summed E-state index contributed by atoms with van der Waals surface area (Å²) < 4.78 is 13.7. The van der Waals surface area contributed by atoms with Crippen molar-refractivity contribution < 1.29 is 9.50 Å².